The number of hydrogen-bond acceptors (Lipinski definition) is 10. The molecule has 0 aliphatic heterocycles. The van der Waals surface area contributed by atoms with Gasteiger partial charge in [-0.05, 0) is 53.7 Å². The van der Waals surface area contributed by atoms with Gasteiger partial charge in [-0.2, -0.15) is 20.9 Å². The number of Topliss-reactive ketones (excluding diaryl/α,β-unsaturated/α-hetero) is 1. The van der Waals surface area contributed by atoms with Gasteiger partial charge in [0.05, 0.1) is 26.5 Å². The van der Waals surface area contributed by atoms with Crippen molar-refractivity contribution in [3.05, 3.63) is 142 Å². The summed E-state index contributed by atoms with van der Waals surface area (Å²) in [5.41, 5.74) is 5.25. The minimum Gasteiger partial charge on any atom is -0.349 e. The first-order chi connectivity index (χ1) is 21.6. The molecule has 44 heavy (non-hydrogen) atoms. The fourth-order valence-electron chi connectivity index (χ4n) is 4.07. The molecule has 4 aromatic carbocycles. The number of hydrogen-bond donors (Lipinski definition) is 2. The number of benzene rings is 4. The lowest BCUT2D eigenvalue weighted by molar-refractivity contribution is 0.106. The average molecular weight is 608 g/mol. The second kappa shape index (κ2) is 14.3. The molecule has 0 saturated carbocycles. The fraction of sp³-hybridized carbons (Fsp3) is 0. The van der Waals surface area contributed by atoms with E-state index in [-0.39, 0.29) is 31.8 Å². The van der Waals surface area contributed by atoms with Gasteiger partial charge in [-0.1, -0.05) is 78.9 Å². The zero-order chi connectivity index (χ0) is 30.7. The Hall–Kier alpha value is -5.99. The Morgan fingerprint density at radius 3 is 1.95 bits per heavy atom. The Morgan fingerprint density at radius 2 is 1.34 bits per heavy atom. The van der Waals surface area contributed by atoms with Gasteiger partial charge in [-0.15, -0.1) is 11.3 Å². The Labute approximate surface area is 261 Å². The second-order valence-electron chi connectivity index (χ2n) is 8.96. The van der Waals surface area contributed by atoms with Gasteiger partial charge in [0.15, 0.2) is 10.1 Å². The maximum atomic E-state index is 14.0. The molecular formula is C34H21N7OS2. The van der Waals surface area contributed by atoms with Gasteiger partial charge in [0.25, 0.3) is 0 Å². The van der Waals surface area contributed by atoms with Gasteiger partial charge in [0.2, 0.25) is 5.78 Å². The van der Waals surface area contributed by atoms with Crippen LogP contribution in [0.3, 0.4) is 0 Å². The number of fused-ring (bicyclic) bond motifs is 1. The van der Waals surface area contributed by atoms with Crippen LogP contribution in [0.5, 0.6) is 0 Å². The average Bonchev–Trinajstić information content (AvgIpc) is 3.52. The summed E-state index contributed by atoms with van der Waals surface area (Å²) in [5, 5.41) is 38.4. The van der Waals surface area contributed by atoms with Gasteiger partial charge in [0.1, 0.15) is 23.8 Å². The molecule has 210 valence electrons. The summed E-state index contributed by atoms with van der Waals surface area (Å²) in [7, 11) is 0. The smallest absolute Gasteiger partial charge is 0.248 e. The highest BCUT2D eigenvalue weighted by Crippen LogP contribution is 2.35. The third kappa shape index (κ3) is 6.89. The van der Waals surface area contributed by atoms with Crippen molar-refractivity contribution in [1.29, 1.82) is 15.8 Å². The molecule has 0 aliphatic rings. The molecule has 0 atom stereocenters. The first-order valence-electron chi connectivity index (χ1n) is 13.1. The van der Waals surface area contributed by atoms with Crippen molar-refractivity contribution in [2.45, 2.75) is 0 Å². The van der Waals surface area contributed by atoms with Crippen molar-refractivity contribution in [2.75, 3.05) is 10.7 Å². The molecule has 0 saturated heterocycles. The molecule has 0 bridgehead atoms. The van der Waals surface area contributed by atoms with E-state index in [1.807, 2.05) is 72.8 Å². The summed E-state index contributed by atoms with van der Waals surface area (Å²) < 4.78 is 0.842. The molecular weight excluding hydrogens is 587 g/mol. The SMILES string of the molecule is N#CC(C#N)=C(/C(C#N)=C(\Nc1ccccc1)S/C(=N\Nc1ccccc1)C(=O)c1nc2ccccc2s1)c1ccccc1. The molecule has 1 aromatic heterocycles. The number of hydrazone groups is 1. The molecule has 0 aliphatic carbocycles. The molecule has 0 amide bonds. The van der Waals surface area contributed by atoms with Crippen LogP contribution >= 0.6 is 23.1 Å². The van der Waals surface area contributed by atoms with E-state index in [4.69, 9.17) is 0 Å². The summed E-state index contributed by atoms with van der Waals surface area (Å²) in [6, 6.07) is 40.4. The monoisotopic (exact) mass is 607 g/mol. The Kier molecular flexibility index (Phi) is 9.56. The minimum atomic E-state index is -0.463. The molecule has 0 unspecified atom stereocenters. The Morgan fingerprint density at radius 1 is 0.750 bits per heavy atom. The van der Waals surface area contributed by atoms with Crippen LogP contribution < -0.4 is 10.7 Å². The van der Waals surface area contributed by atoms with Crippen LogP contribution in [0.25, 0.3) is 15.8 Å². The number of anilines is 2. The van der Waals surface area contributed by atoms with Crippen LogP contribution in [0.15, 0.2) is 137 Å². The van der Waals surface area contributed by atoms with E-state index in [9.17, 15) is 20.6 Å². The molecule has 5 aromatic rings. The summed E-state index contributed by atoms with van der Waals surface area (Å²) in [6.45, 7) is 0. The molecule has 5 rings (SSSR count). The quantitative estimate of drug-likeness (QED) is 0.0429. The van der Waals surface area contributed by atoms with Crippen LogP contribution in [-0.4, -0.2) is 15.8 Å². The number of nitriles is 3. The van der Waals surface area contributed by atoms with E-state index in [1.165, 1.54) is 11.3 Å². The number of rotatable bonds is 9. The minimum absolute atomic E-state index is 0.00679. The molecule has 0 fully saturated rings. The maximum Gasteiger partial charge on any atom is 0.248 e. The predicted molar refractivity (Wildman–Crippen MR) is 176 cm³/mol. The number of allylic oxidation sites excluding steroid dienone is 3. The van der Waals surface area contributed by atoms with E-state index in [0.29, 0.717) is 22.5 Å². The van der Waals surface area contributed by atoms with E-state index in [0.717, 1.165) is 16.5 Å². The van der Waals surface area contributed by atoms with Gasteiger partial charge < -0.3 is 5.32 Å². The van der Waals surface area contributed by atoms with Crippen LogP contribution in [-0.2, 0) is 0 Å². The number of ketones is 1. The summed E-state index contributed by atoms with van der Waals surface area (Å²) in [6.07, 6.45) is 0. The lowest BCUT2D eigenvalue weighted by Gasteiger charge is -2.16. The second-order valence-corrected chi connectivity index (χ2v) is 11.0. The zero-order valence-corrected chi connectivity index (χ0v) is 24.6. The molecule has 8 nitrogen and oxygen atoms in total. The molecule has 10 heteroatoms. The van der Waals surface area contributed by atoms with E-state index >= 15 is 0 Å². The van der Waals surface area contributed by atoms with E-state index in [1.54, 1.807) is 54.6 Å². The van der Waals surface area contributed by atoms with Crippen molar-refractivity contribution in [3.63, 3.8) is 0 Å². The Bertz CT molecular complexity index is 1980. The number of thioether (sulfide) groups is 1. The number of carbonyl (C=O) groups is 1. The normalized spacial score (nSPS) is 11.3. The van der Waals surface area contributed by atoms with Crippen molar-refractivity contribution >= 4 is 61.1 Å². The van der Waals surface area contributed by atoms with Crippen LogP contribution in [0.1, 0.15) is 15.4 Å². The third-order valence-corrected chi connectivity index (χ3v) is 8.11. The largest absolute Gasteiger partial charge is 0.349 e. The van der Waals surface area contributed by atoms with Crippen LogP contribution in [0.4, 0.5) is 11.4 Å². The standard InChI is InChI=1S/C34H21N7OS2/c35-20-24(21-36)30(23-12-4-1-5-13-23)27(22-37)32(38-25-14-6-2-7-15-25)44-34(41-40-26-16-8-3-9-17-26)31(42)33-39-28-18-10-11-19-29(28)43-33/h1-19,38,40H/b32-27+,41-34-. The topological polar surface area (TPSA) is 138 Å². The van der Waals surface area contributed by atoms with Gasteiger partial charge >= 0.3 is 0 Å². The number of nitrogens with zero attached hydrogens (tertiary/aromatic N) is 5. The molecule has 2 N–H and O–H groups in total. The lowest BCUT2D eigenvalue weighted by Crippen LogP contribution is -2.15. The highest BCUT2D eigenvalue weighted by molar-refractivity contribution is 8.19. The first-order valence-corrected chi connectivity index (χ1v) is 14.8. The summed E-state index contributed by atoms with van der Waals surface area (Å²) >= 11 is 2.14. The van der Waals surface area contributed by atoms with Gasteiger partial charge in [-0.3, -0.25) is 10.2 Å². The van der Waals surface area contributed by atoms with Gasteiger partial charge in [0, 0.05) is 11.3 Å². The van der Waals surface area contributed by atoms with Crippen molar-refractivity contribution < 1.29 is 4.79 Å². The lowest BCUT2D eigenvalue weighted by atomic mass is 9.94. The first kappa shape index (κ1) is 29.5. The van der Waals surface area contributed by atoms with Crippen LogP contribution in [0.2, 0.25) is 0 Å². The molecule has 1 heterocycles. The fourth-order valence-corrected chi connectivity index (χ4v) is 5.94. The number of thiazole rings is 1. The number of para-hydroxylation sites is 3. The highest BCUT2D eigenvalue weighted by atomic mass is 32.2. The van der Waals surface area contributed by atoms with Gasteiger partial charge in [-0.25, -0.2) is 4.98 Å². The van der Waals surface area contributed by atoms with Crippen molar-refractivity contribution in [1.82, 2.24) is 4.98 Å². The van der Waals surface area contributed by atoms with E-state index in [2.05, 4.69) is 26.9 Å². The third-order valence-electron chi connectivity index (χ3n) is 6.10. The molecule has 0 radical (unpaired) electrons. The Balaban J connectivity index is 1.69. The maximum absolute atomic E-state index is 14.0. The number of aromatic nitrogens is 1. The number of nitrogens with one attached hydrogen (secondary N) is 2. The van der Waals surface area contributed by atoms with Crippen molar-refractivity contribution in [2.24, 2.45) is 5.10 Å². The highest BCUT2D eigenvalue weighted by Gasteiger charge is 2.26. The predicted octanol–water partition coefficient (Wildman–Crippen LogP) is 7.99. The number of carbonyl (C=O) groups excluding carboxylic acids is 1. The summed E-state index contributed by atoms with van der Waals surface area (Å²) in [5.74, 6) is -0.463. The zero-order valence-electron chi connectivity index (χ0n) is 22.9. The molecule has 0 spiro atoms. The van der Waals surface area contributed by atoms with E-state index < -0.39 is 5.78 Å². The van der Waals surface area contributed by atoms with Crippen LogP contribution in [0, 0.1) is 34.0 Å². The van der Waals surface area contributed by atoms with Crippen molar-refractivity contribution in [3.8, 4) is 18.2 Å². The summed E-state index contributed by atoms with van der Waals surface area (Å²) in [4.78, 5) is 18.6.